The number of rotatable bonds is 5. The molecule has 2 aromatic rings. The number of aromatic carboxylic acids is 1. The average molecular weight is 271 g/mol. The molecule has 0 atom stereocenters. The molecule has 104 valence electrons. The lowest BCUT2D eigenvalue weighted by Crippen LogP contribution is -2.02. The van der Waals surface area contributed by atoms with Crippen molar-refractivity contribution >= 4 is 17.5 Å². The lowest BCUT2D eigenvalue weighted by atomic mass is 10.1. The largest absolute Gasteiger partial charge is 0.478 e. The maximum Gasteiger partial charge on any atom is 0.336 e. The molecule has 0 aliphatic carbocycles. The van der Waals surface area contributed by atoms with Gasteiger partial charge in [-0.15, -0.1) is 0 Å². The van der Waals surface area contributed by atoms with Crippen molar-refractivity contribution in [3.8, 4) is 0 Å². The molecule has 0 unspecified atom stereocenters. The van der Waals surface area contributed by atoms with Gasteiger partial charge in [0.05, 0.1) is 5.56 Å². The van der Waals surface area contributed by atoms with Gasteiger partial charge in [-0.05, 0) is 31.0 Å². The molecule has 0 amide bonds. The SMILES string of the molecule is CCCc1cc(Nc2ccc(C)c(C(=O)O)c2)ncn1. The summed E-state index contributed by atoms with van der Waals surface area (Å²) in [5.41, 5.74) is 2.69. The monoisotopic (exact) mass is 271 g/mol. The van der Waals surface area contributed by atoms with E-state index in [0.29, 0.717) is 11.5 Å². The summed E-state index contributed by atoms with van der Waals surface area (Å²) >= 11 is 0. The second-order valence-electron chi connectivity index (χ2n) is 4.60. The fraction of sp³-hybridized carbons (Fsp3) is 0.267. The number of anilines is 2. The van der Waals surface area contributed by atoms with E-state index in [9.17, 15) is 4.79 Å². The number of aryl methyl sites for hydroxylation is 2. The summed E-state index contributed by atoms with van der Waals surface area (Å²) in [6, 6.07) is 7.10. The Labute approximate surface area is 117 Å². The van der Waals surface area contributed by atoms with E-state index in [0.717, 1.165) is 24.1 Å². The van der Waals surface area contributed by atoms with E-state index < -0.39 is 5.97 Å². The number of carboxylic acid groups (broad SMARTS) is 1. The van der Waals surface area contributed by atoms with Crippen LogP contribution in [-0.2, 0) is 6.42 Å². The number of hydrogen-bond acceptors (Lipinski definition) is 4. The van der Waals surface area contributed by atoms with Crippen molar-refractivity contribution in [3.05, 3.63) is 47.4 Å². The molecule has 5 heteroatoms. The summed E-state index contributed by atoms with van der Waals surface area (Å²) in [6.45, 7) is 3.87. The number of aromatic nitrogens is 2. The summed E-state index contributed by atoms with van der Waals surface area (Å²) in [5.74, 6) is -0.260. The highest BCUT2D eigenvalue weighted by molar-refractivity contribution is 5.90. The molecular weight excluding hydrogens is 254 g/mol. The van der Waals surface area contributed by atoms with E-state index >= 15 is 0 Å². The number of carbonyl (C=O) groups is 1. The van der Waals surface area contributed by atoms with Crippen LogP contribution in [0.3, 0.4) is 0 Å². The smallest absolute Gasteiger partial charge is 0.336 e. The molecule has 0 fully saturated rings. The van der Waals surface area contributed by atoms with E-state index in [-0.39, 0.29) is 5.56 Å². The number of nitrogens with zero attached hydrogens (tertiary/aromatic N) is 2. The molecule has 0 saturated carbocycles. The molecule has 5 nitrogen and oxygen atoms in total. The Morgan fingerprint density at radius 1 is 1.30 bits per heavy atom. The molecule has 1 heterocycles. The molecule has 2 N–H and O–H groups in total. The zero-order chi connectivity index (χ0) is 14.5. The third-order valence-electron chi connectivity index (χ3n) is 2.97. The van der Waals surface area contributed by atoms with Crippen LogP contribution >= 0.6 is 0 Å². The lowest BCUT2D eigenvalue weighted by Gasteiger charge is -2.09. The number of benzene rings is 1. The van der Waals surface area contributed by atoms with Crippen LogP contribution in [0.5, 0.6) is 0 Å². The van der Waals surface area contributed by atoms with Gasteiger partial charge in [0, 0.05) is 17.4 Å². The number of carboxylic acids is 1. The van der Waals surface area contributed by atoms with Gasteiger partial charge in [0.2, 0.25) is 0 Å². The van der Waals surface area contributed by atoms with Crippen molar-refractivity contribution < 1.29 is 9.90 Å². The van der Waals surface area contributed by atoms with Gasteiger partial charge in [-0.25, -0.2) is 14.8 Å². The van der Waals surface area contributed by atoms with Crippen molar-refractivity contribution in [2.45, 2.75) is 26.7 Å². The molecule has 2 rings (SSSR count). The minimum Gasteiger partial charge on any atom is -0.478 e. The molecule has 0 aliphatic rings. The highest BCUT2D eigenvalue weighted by atomic mass is 16.4. The van der Waals surface area contributed by atoms with E-state index in [1.54, 1.807) is 19.1 Å². The summed E-state index contributed by atoms with van der Waals surface area (Å²) in [7, 11) is 0. The zero-order valence-electron chi connectivity index (χ0n) is 11.6. The average Bonchev–Trinajstić information content (AvgIpc) is 2.41. The standard InChI is InChI=1S/C15H17N3O2/c1-3-4-11-8-14(17-9-16-11)18-12-6-5-10(2)13(7-12)15(19)20/h5-9H,3-4H2,1-2H3,(H,19,20)(H,16,17,18). The van der Waals surface area contributed by atoms with Crippen LogP contribution in [0.15, 0.2) is 30.6 Å². The van der Waals surface area contributed by atoms with Crippen LogP contribution in [0.2, 0.25) is 0 Å². The fourth-order valence-corrected chi connectivity index (χ4v) is 1.94. The molecule has 0 spiro atoms. The van der Waals surface area contributed by atoms with Crippen LogP contribution in [0.4, 0.5) is 11.5 Å². The number of hydrogen-bond donors (Lipinski definition) is 2. The van der Waals surface area contributed by atoms with Crippen LogP contribution in [0, 0.1) is 6.92 Å². The molecule has 0 radical (unpaired) electrons. The summed E-state index contributed by atoms with van der Waals surface area (Å²) in [6.07, 6.45) is 3.43. The van der Waals surface area contributed by atoms with Gasteiger partial charge in [-0.1, -0.05) is 19.4 Å². The van der Waals surface area contributed by atoms with E-state index in [2.05, 4.69) is 22.2 Å². The van der Waals surface area contributed by atoms with Gasteiger partial charge in [0.25, 0.3) is 0 Å². The lowest BCUT2D eigenvalue weighted by molar-refractivity contribution is 0.0696. The fourth-order valence-electron chi connectivity index (χ4n) is 1.94. The third-order valence-corrected chi connectivity index (χ3v) is 2.97. The van der Waals surface area contributed by atoms with Crippen LogP contribution in [0.1, 0.15) is 35.0 Å². The van der Waals surface area contributed by atoms with Gasteiger partial charge < -0.3 is 10.4 Å². The van der Waals surface area contributed by atoms with E-state index in [1.807, 2.05) is 12.1 Å². The van der Waals surface area contributed by atoms with Gasteiger partial charge in [-0.2, -0.15) is 0 Å². The first-order valence-corrected chi connectivity index (χ1v) is 6.52. The first kappa shape index (κ1) is 14.0. The Morgan fingerprint density at radius 3 is 2.80 bits per heavy atom. The highest BCUT2D eigenvalue weighted by Crippen LogP contribution is 2.19. The summed E-state index contributed by atoms with van der Waals surface area (Å²) in [4.78, 5) is 19.4. The Kier molecular flexibility index (Phi) is 4.30. The van der Waals surface area contributed by atoms with Crippen molar-refractivity contribution in [2.24, 2.45) is 0 Å². The van der Waals surface area contributed by atoms with Crippen molar-refractivity contribution in [3.63, 3.8) is 0 Å². The maximum atomic E-state index is 11.1. The van der Waals surface area contributed by atoms with Gasteiger partial charge in [-0.3, -0.25) is 0 Å². The Morgan fingerprint density at radius 2 is 2.10 bits per heavy atom. The zero-order valence-corrected chi connectivity index (χ0v) is 11.6. The third kappa shape index (κ3) is 3.32. The Hall–Kier alpha value is -2.43. The van der Waals surface area contributed by atoms with Crippen LogP contribution in [-0.4, -0.2) is 21.0 Å². The van der Waals surface area contributed by atoms with Crippen molar-refractivity contribution in [1.29, 1.82) is 0 Å². The first-order valence-electron chi connectivity index (χ1n) is 6.52. The van der Waals surface area contributed by atoms with Gasteiger partial charge >= 0.3 is 5.97 Å². The highest BCUT2D eigenvalue weighted by Gasteiger charge is 2.08. The predicted octanol–water partition coefficient (Wildman–Crippen LogP) is 3.18. The van der Waals surface area contributed by atoms with E-state index in [4.69, 9.17) is 5.11 Å². The Bertz CT molecular complexity index is 626. The minimum absolute atomic E-state index is 0.290. The van der Waals surface area contributed by atoms with Gasteiger partial charge in [0.1, 0.15) is 12.1 Å². The second kappa shape index (κ2) is 6.14. The van der Waals surface area contributed by atoms with Crippen molar-refractivity contribution in [1.82, 2.24) is 9.97 Å². The van der Waals surface area contributed by atoms with Crippen LogP contribution in [0.25, 0.3) is 0 Å². The second-order valence-corrected chi connectivity index (χ2v) is 4.60. The maximum absolute atomic E-state index is 11.1. The molecule has 0 bridgehead atoms. The summed E-state index contributed by atoms with van der Waals surface area (Å²) in [5, 5.41) is 12.2. The topological polar surface area (TPSA) is 75.1 Å². The molecule has 1 aromatic heterocycles. The quantitative estimate of drug-likeness (QED) is 0.873. The molecule has 1 aromatic carbocycles. The number of nitrogens with one attached hydrogen (secondary N) is 1. The minimum atomic E-state index is -0.930. The van der Waals surface area contributed by atoms with Gasteiger partial charge in [0.15, 0.2) is 0 Å². The molecule has 20 heavy (non-hydrogen) atoms. The summed E-state index contributed by atoms with van der Waals surface area (Å²) < 4.78 is 0. The normalized spacial score (nSPS) is 10.3. The molecule has 0 aliphatic heterocycles. The van der Waals surface area contributed by atoms with Crippen molar-refractivity contribution in [2.75, 3.05) is 5.32 Å². The van der Waals surface area contributed by atoms with E-state index in [1.165, 1.54) is 6.33 Å². The predicted molar refractivity (Wildman–Crippen MR) is 77.4 cm³/mol. The Balaban J connectivity index is 2.23. The molecule has 0 saturated heterocycles. The molecular formula is C15H17N3O2. The first-order chi connectivity index (χ1) is 9.60. The van der Waals surface area contributed by atoms with Crippen LogP contribution < -0.4 is 5.32 Å².